The highest BCUT2D eigenvalue weighted by Crippen LogP contribution is 2.29. The standard InChI is InChI=1S/C18H27N3O3S/c1-25(22,23)21-12-9-17-14(13-21)5-6-18(19-17)24-16-7-10-20(11-8-16)15-3-2-4-15/h5-6,15-16H,2-4,7-13H2,1H3. The molecule has 138 valence electrons. The van der Waals surface area contributed by atoms with Crippen molar-refractivity contribution < 1.29 is 13.2 Å². The summed E-state index contributed by atoms with van der Waals surface area (Å²) in [5, 5.41) is 0. The largest absolute Gasteiger partial charge is 0.474 e. The molecule has 1 aromatic heterocycles. The van der Waals surface area contributed by atoms with Gasteiger partial charge in [0.1, 0.15) is 6.10 Å². The minimum Gasteiger partial charge on any atom is -0.474 e. The van der Waals surface area contributed by atoms with Crippen molar-refractivity contribution >= 4 is 10.0 Å². The van der Waals surface area contributed by atoms with Gasteiger partial charge >= 0.3 is 0 Å². The first-order valence-electron chi connectivity index (χ1n) is 9.34. The Balaban J connectivity index is 1.35. The van der Waals surface area contributed by atoms with E-state index in [-0.39, 0.29) is 6.10 Å². The number of aromatic nitrogens is 1. The molecule has 0 unspecified atom stereocenters. The Kier molecular flexibility index (Phi) is 4.73. The van der Waals surface area contributed by atoms with E-state index in [9.17, 15) is 8.42 Å². The van der Waals surface area contributed by atoms with Gasteiger partial charge in [0.15, 0.2) is 0 Å². The Morgan fingerprint density at radius 2 is 1.88 bits per heavy atom. The maximum Gasteiger partial charge on any atom is 0.213 e. The lowest BCUT2D eigenvalue weighted by atomic mass is 9.90. The summed E-state index contributed by atoms with van der Waals surface area (Å²) in [4.78, 5) is 7.26. The van der Waals surface area contributed by atoms with E-state index in [2.05, 4.69) is 9.88 Å². The number of piperidine rings is 1. The molecule has 0 spiro atoms. The summed E-state index contributed by atoms with van der Waals surface area (Å²) in [5.41, 5.74) is 1.97. The number of hydrogen-bond acceptors (Lipinski definition) is 5. The first-order chi connectivity index (χ1) is 12.0. The second-order valence-corrected chi connectivity index (χ2v) is 9.52. The van der Waals surface area contributed by atoms with Crippen LogP contribution in [0.5, 0.6) is 5.88 Å². The number of likely N-dealkylation sites (tertiary alicyclic amines) is 1. The number of pyridine rings is 1. The van der Waals surface area contributed by atoms with Crippen LogP contribution in [0.3, 0.4) is 0 Å². The zero-order chi connectivity index (χ0) is 17.4. The van der Waals surface area contributed by atoms with Gasteiger partial charge in [-0.1, -0.05) is 12.5 Å². The number of fused-ring (bicyclic) bond motifs is 1. The third-order valence-corrected chi connectivity index (χ3v) is 7.06. The molecule has 3 aliphatic rings. The van der Waals surface area contributed by atoms with E-state index in [0.29, 0.717) is 25.4 Å². The van der Waals surface area contributed by atoms with Crippen LogP contribution in [0.4, 0.5) is 0 Å². The summed E-state index contributed by atoms with van der Waals surface area (Å²) < 4.78 is 31.0. The molecule has 6 nitrogen and oxygen atoms in total. The molecule has 1 saturated heterocycles. The maximum atomic E-state index is 11.7. The first kappa shape index (κ1) is 17.2. The van der Waals surface area contributed by atoms with E-state index in [1.807, 2.05) is 12.1 Å². The lowest BCUT2D eigenvalue weighted by Crippen LogP contribution is -2.46. The van der Waals surface area contributed by atoms with Crippen molar-refractivity contribution in [3.63, 3.8) is 0 Å². The Morgan fingerprint density at radius 1 is 1.12 bits per heavy atom. The third kappa shape index (κ3) is 3.83. The molecule has 0 radical (unpaired) electrons. The fraction of sp³-hybridized carbons (Fsp3) is 0.722. The average Bonchev–Trinajstić information content (AvgIpc) is 2.53. The summed E-state index contributed by atoms with van der Waals surface area (Å²) >= 11 is 0. The number of nitrogens with zero attached hydrogens (tertiary/aromatic N) is 3. The molecule has 2 aliphatic heterocycles. The van der Waals surface area contributed by atoms with Crippen molar-refractivity contribution in [2.75, 3.05) is 25.9 Å². The van der Waals surface area contributed by atoms with E-state index >= 15 is 0 Å². The molecule has 0 bridgehead atoms. The molecule has 25 heavy (non-hydrogen) atoms. The smallest absolute Gasteiger partial charge is 0.213 e. The number of ether oxygens (including phenoxy) is 1. The predicted molar refractivity (Wildman–Crippen MR) is 96.1 cm³/mol. The van der Waals surface area contributed by atoms with Gasteiger partial charge in [0.25, 0.3) is 0 Å². The Morgan fingerprint density at radius 3 is 2.52 bits per heavy atom. The maximum absolute atomic E-state index is 11.7. The van der Waals surface area contributed by atoms with Crippen molar-refractivity contribution in [2.24, 2.45) is 0 Å². The summed E-state index contributed by atoms with van der Waals surface area (Å²) in [5.74, 6) is 0.689. The average molecular weight is 365 g/mol. The minimum absolute atomic E-state index is 0.248. The molecular formula is C18H27N3O3S. The highest BCUT2D eigenvalue weighted by molar-refractivity contribution is 7.88. The SMILES string of the molecule is CS(=O)(=O)N1CCc2nc(OC3CCN(C4CCC4)CC3)ccc2C1. The normalized spacial score (nSPS) is 23.9. The van der Waals surface area contributed by atoms with Crippen LogP contribution >= 0.6 is 0 Å². The van der Waals surface area contributed by atoms with Gasteiger partial charge in [0.05, 0.1) is 11.9 Å². The van der Waals surface area contributed by atoms with Gasteiger partial charge in [0.2, 0.25) is 15.9 Å². The van der Waals surface area contributed by atoms with E-state index in [1.54, 1.807) is 0 Å². The molecular weight excluding hydrogens is 338 g/mol. The van der Waals surface area contributed by atoms with Gasteiger partial charge in [0, 0.05) is 44.7 Å². The van der Waals surface area contributed by atoms with Crippen LogP contribution in [0.25, 0.3) is 0 Å². The summed E-state index contributed by atoms with van der Waals surface area (Å²) in [6.07, 6.45) is 8.41. The molecule has 1 aromatic rings. The molecule has 7 heteroatoms. The van der Waals surface area contributed by atoms with Crippen molar-refractivity contribution in [1.29, 1.82) is 0 Å². The van der Waals surface area contributed by atoms with Crippen molar-refractivity contribution in [1.82, 2.24) is 14.2 Å². The molecule has 3 heterocycles. The lowest BCUT2D eigenvalue weighted by Gasteiger charge is -2.41. The van der Waals surface area contributed by atoms with Crippen LogP contribution < -0.4 is 4.74 Å². The zero-order valence-corrected chi connectivity index (χ0v) is 15.7. The van der Waals surface area contributed by atoms with E-state index in [0.717, 1.165) is 43.2 Å². The molecule has 0 amide bonds. The van der Waals surface area contributed by atoms with Gasteiger partial charge in [-0.05, 0) is 31.2 Å². The van der Waals surface area contributed by atoms with Gasteiger partial charge in [-0.3, -0.25) is 0 Å². The first-order valence-corrected chi connectivity index (χ1v) is 11.2. The third-order valence-electron chi connectivity index (χ3n) is 5.81. The number of rotatable bonds is 4. The van der Waals surface area contributed by atoms with E-state index < -0.39 is 10.0 Å². The van der Waals surface area contributed by atoms with Crippen molar-refractivity contribution in [2.45, 2.75) is 57.2 Å². The zero-order valence-electron chi connectivity index (χ0n) is 14.9. The highest BCUT2D eigenvalue weighted by atomic mass is 32.2. The predicted octanol–water partition coefficient (Wildman–Crippen LogP) is 1.79. The summed E-state index contributed by atoms with van der Waals surface area (Å²) in [6, 6.07) is 4.68. The van der Waals surface area contributed by atoms with Gasteiger partial charge in [-0.15, -0.1) is 0 Å². The van der Waals surface area contributed by atoms with Crippen LogP contribution in [-0.2, 0) is 23.0 Å². The van der Waals surface area contributed by atoms with Gasteiger partial charge in [-0.25, -0.2) is 13.4 Å². The van der Waals surface area contributed by atoms with Crippen LogP contribution in [0.2, 0.25) is 0 Å². The van der Waals surface area contributed by atoms with Crippen LogP contribution in [-0.4, -0.2) is 60.6 Å². The Bertz CT molecular complexity index is 725. The van der Waals surface area contributed by atoms with Gasteiger partial charge in [-0.2, -0.15) is 4.31 Å². The molecule has 4 rings (SSSR count). The molecule has 1 saturated carbocycles. The number of hydrogen-bond donors (Lipinski definition) is 0. The summed E-state index contributed by atoms with van der Waals surface area (Å²) in [6.45, 7) is 3.18. The minimum atomic E-state index is -3.14. The molecule has 0 N–H and O–H groups in total. The second-order valence-electron chi connectivity index (χ2n) is 7.54. The van der Waals surface area contributed by atoms with Crippen molar-refractivity contribution in [3.05, 3.63) is 23.4 Å². The van der Waals surface area contributed by atoms with Crippen molar-refractivity contribution in [3.8, 4) is 5.88 Å². The second kappa shape index (κ2) is 6.85. The monoisotopic (exact) mass is 365 g/mol. The molecule has 1 aliphatic carbocycles. The molecule has 2 fully saturated rings. The Hall–Kier alpha value is -1.18. The van der Waals surface area contributed by atoms with Gasteiger partial charge < -0.3 is 9.64 Å². The molecule has 0 aromatic carbocycles. The fourth-order valence-corrected chi connectivity index (χ4v) is 4.80. The van der Waals surface area contributed by atoms with E-state index in [4.69, 9.17) is 4.74 Å². The lowest BCUT2D eigenvalue weighted by molar-refractivity contribution is 0.0474. The fourth-order valence-electron chi connectivity index (χ4n) is 4.00. The highest BCUT2D eigenvalue weighted by Gasteiger charge is 2.30. The molecule has 0 atom stereocenters. The van der Waals surface area contributed by atoms with Crippen LogP contribution in [0, 0.1) is 0 Å². The Labute approximate surface area is 150 Å². The van der Waals surface area contributed by atoms with Crippen LogP contribution in [0.15, 0.2) is 12.1 Å². The van der Waals surface area contributed by atoms with E-state index in [1.165, 1.54) is 29.8 Å². The summed E-state index contributed by atoms with van der Waals surface area (Å²) in [7, 11) is -3.14. The number of sulfonamides is 1. The quantitative estimate of drug-likeness (QED) is 0.814. The van der Waals surface area contributed by atoms with Crippen LogP contribution in [0.1, 0.15) is 43.4 Å². The topological polar surface area (TPSA) is 62.7 Å².